The molecule has 124 valence electrons. The second-order valence-electron chi connectivity index (χ2n) is 8.74. The molecule has 5 atom stereocenters. The highest BCUT2D eigenvalue weighted by Gasteiger charge is 2.60. The second-order valence-corrected chi connectivity index (χ2v) is 13.5. The van der Waals surface area contributed by atoms with Gasteiger partial charge in [-0.25, -0.2) is 0 Å². The first-order chi connectivity index (χ1) is 10.5. The van der Waals surface area contributed by atoms with E-state index in [9.17, 15) is 9.59 Å². The third-order valence-corrected chi connectivity index (χ3v) is 11.0. The van der Waals surface area contributed by atoms with Crippen LogP contribution in [0.3, 0.4) is 0 Å². The Morgan fingerprint density at radius 3 is 2.52 bits per heavy atom. The van der Waals surface area contributed by atoms with Crippen molar-refractivity contribution in [3.63, 3.8) is 0 Å². The van der Waals surface area contributed by atoms with Crippen LogP contribution < -0.4 is 0 Å². The number of hydrogen-bond donors (Lipinski definition) is 0. The van der Waals surface area contributed by atoms with Crippen molar-refractivity contribution < 1.29 is 14.0 Å². The zero-order chi connectivity index (χ0) is 17.2. The third-order valence-electron chi connectivity index (χ3n) is 6.48. The molecule has 4 unspecified atom stereocenters. The van der Waals surface area contributed by atoms with Crippen molar-refractivity contribution in [3.05, 3.63) is 12.2 Å². The SMILES string of the molecule is [B]C(=O)N1C(=O)C2C3C=CC(C3)C2[C@H]1CO[Si](C)(C)C(C)(C)C. The normalized spacial score (nSPS) is 36.0. The minimum absolute atomic E-state index is 0.0782. The Balaban J connectivity index is 1.82. The molecule has 2 aliphatic carbocycles. The quantitative estimate of drug-likeness (QED) is 0.590. The summed E-state index contributed by atoms with van der Waals surface area (Å²) < 4.78 is 6.34. The first-order valence-corrected chi connectivity index (χ1v) is 11.4. The average Bonchev–Trinajstić information content (AvgIpc) is 3.07. The highest BCUT2D eigenvalue weighted by molar-refractivity contribution is 6.74. The minimum atomic E-state index is -1.93. The van der Waals surface area contributed by atoms with Crippen LogP contribution in [0.2, 0.25) is 18.1 Å². The fraction of sp³-hybridized carbons (Fsp3) is 0.765. The fourth-order valence-electron chi connectivity index (χ4n) is 4.20. The van der Waals surface area contributed by atoms with Gasteiger partial charge < -0.3 is 4.43 Å². The van der Waals surface area contributed by atoms with Gasteiger partial charge in [-0.2, -0.15) is 0 Å². The first kappa shape index (κ1) is 17.0. The van der Waals surface area contributed by atoms with Gasteiger partial charge in [-0.05, 0) is 36.4 Å². The lowest BCUT2D eigenvalue weighted by atomic mass is 9.82. The average molecular weight is 331 g/mol. The van der Waals surface area contributed by atoms with Gasteiger partial charge in [-0.15, -0.1) is 0 Å². The number of nitrogens with zero attached hydrogens (tertiary/aromatic N) is 1. The Morgan fingerprint density at radius 2 is 1.96 bits per heavy atom. The molecule has 1 saturated heterocycles. The van der Waals surface area contributed by atoms with Crippen molar-refractivity contribution in [2.75, 3.05) is 6.61 Å². The number of allylic oxidation sites excluding steroid dienone is 2. The number of carbonyl (C=O) groups is 2. The third kappa shape index (κ3) is 2.54. The molecule has 2 fully saturated rings. The van der Waals surface area contributed by atoms with E-state index in [4.69, 9.17) is 12.3 Å². The molecule has 1 aliphatic heterocycles. The Bertz CT molecular complexity index is 569. The van der Waals surface area contributed by atoms with Crippen LogP contribution in [-0.2, 0) is 9.22 Å². The highest BCUT2D eigenvalue weighted by Crippen LogP contribution is 2.54. The van der Waals surface area contributed by atoms with Crippen LogP contribution in [0.15, 0.2) is 12.2 Å². The number of carbonyl (C=O) groups excluding carboxylic acids is 2. The summed E-state index contributed by atoms with van der Waals surface area (Å²) in [6.07, 6.45) is 5.38. The molecule has 3 rings (SSSR count). The highest BCUT2D eigenvalue weighted by atomic mass is 28.4. The monoisotopic (exact) mass is 331 g/mol. The van der Waals surface area contributed by atoms with Gasteiger partial charge in [-0.1, -0.05) is 32.9 Å². The van der Waals surface area contributed by atoms with E-state index >= 15 is 0 Å². The van der Waals surface area contributed by atoms with Crippen molar-refractivity contribution in [1.82, 2.24) is 4.90 Å². The lowest BCUT2D eigenvalue weighted by Gasteiger charge is -2.38. The van der Waals surface area contributed by atoms with Gasteiger partial charge in [0.05, 0.1) is 18.6 Å². The van der Waals surface area contributed by atoms with Gasteiger partial charge in [0.25, 0.3) is 0 Å². The summed E-state index contributed by atoms with van der Waals surface area (Å²) in [5.41, 5.74) is 0. The van der Waals surface area contributed by atoms with E-state index < -0.39 is 14.1 Å². The van der Waals surface area contributed by atoms with Gasteiger partial charge in [0, 0.05) is 5.92 Å². The van der Waals surface area contributed by atoms with Gasteiger partial charge >= 0.3 is 0 Å². The summed E-state index contributed by atoms with van der Waals surface area (Å²) in [4.78, 5) is 25.9. The van der Waals surface area contributed by atoms with Crippen LogP contribution in [0.25, 0.3) is 0 Å². The van der Waals surface area contributed by atoms with E-state index in [1.807, 2.05) is 0 Å². The van der Waals surface area contributed by atoms with Gasteiger partial charge in [0.1, 0.15) is 0 Å². The van der Waals surface area contributed by atoms with Gasteiger partial charge in [0.15, 0.2) is 14.1 Å². The Hall–Kier alpha value is -0.878. The van der Waals surface area contributed by atoms with Crippen molar-refractivity contribution in [2.24, 2.45) is 23.7 Å². The smallest absolute Gasteiger partial charge is 0.232 e. The van der Waals surface area contributed by atoms with E-state index in [0.29, 0.717) is 12.5 Å². The first-order valence-electron chi connectivity index (χ1n) is 8.49. The van der Waals surface area contributed by atoms with E-state index in [1.54, 1.807) is 0 Å². The fourth-order valence-corrected chi connectivity index (χ4v) is 5.22. The maximum atomic E-state index is 12.7. The molecule has 23 heavy (non-hydrogen) atoms. The van der Waals surface area contributed by atoms with Crippen LogP contribution >= 0.6 is 0 Å². The second kappa shape index (κ2) is 5.31. The molecule has 2 radical (unpaired) electrons. The number of imide groups is 1. The lowest BCUT2D eigenvalue weighted by molar-refractivity contribution is -0.129. The van der Waals surface area contributed by atoms with Crippen LogP contribution in [-0.4, -0.2) is 45.4 Å². The summed E-state index contributed by atoms with van der Waals surface area (Å²) in [5.74, 6) is 0.0274. The van der Waals surface area contributed by atoms with Gasteiger partial charge in [0.2, 0.25) is 13.8 Å². The van der Waals surface area contributed by atoms with Crippen LogP contribution in [0, 0.1) is 23.7 Å². The zero-order valence-corrected chi connectivity index (χ0v) is 15.7. The number of rotatable bonds is 3. The molecule has 0 aromatic heterocycles. The predicted molar refractivity (Wildman–Crippen MR) is 92.7 cm³/mol. The summed E-state index contributed by atoms with van der Waals surface area (Å²) in [6, 6.07) is -0.209. The standard InChI is InChI=1S/C17H26BNO3Si/c1-17(2,3)23(4,5)22-9-12-13-10-6-7-11(8-10)14(13)15(20)19(12)16(18)21/h6-7,10-14H,8-9H2,1-5H3/t10?,11?,12-,13?,14?/m1/s1. The Labute approximate surface area is 141 Å². The van der Waals surface area contributed by atoms with Crippen molar-refractivity contribution in [2.45, 2.75) is 51.4 Å². The Kier molecular flexibility index (Phi) is 3.92. The molecule has 3 aliphatic rings. The molecule has 0 aromatic carbocycles. The molecule has 1 saturated carbocycles. The number of hydrogen-bond acceptors (Lipinski definition) is 3. The molecule has 6 heteroatoms. The van der Waals surface area contributed by atoms with Crippen molar-refractivity contribution in [1.29, 1.82) is 0 Å². The largest absolute Gasteiger partial charge is 0.415 e. The van der Waals surface area contributed by atoms with Crippen molar-refractivity contribution >= 4 is 27.9 Å². The molecule has 0 spiro atoms. The molecular formula is C17H26BNO3Si. The zero-order valence-electron chi connectivity index (χ0n) is 14.7. The number of amides is 2. The van der Waals surface area contributed by atoms with Crippen LogP contribution in [0.5, 0.6) is 0 Å². The van der Waals surface area contributed by atoms with E-state index in [1.165, 1.54) is 4.90 Å². The minimum Gasteiger partial charge on any atom is -0.415 e. The molecule has 2 bridgehead atoms. The molecule has 4 nitrogen and oxygen atoms in total. The molecule has 2 amide bonds. The lowest BCUT2D eigenvalue weighted by Crippen LogP contribution is -2.48. The number of fused-ring (bicyclic) bond motifs is 5. The maximum absolute atomic E-state index is 12.7. The van der Waals surface area contributed by atoms with Crippen LogP contribution in [0.1, 0.15) is 27.2 Å². The molecular weight excluding hydrogens is 305 g/mol. The molecule has 0 aromatic rings. The van der Waals surface area contributed by atoms with Crippen LogP contribution in [0.4, 0.5) is 4.79 Å². The molecule has 0 N–H and O–H groups in total. The summed E-state index contributed by atoms with van der Waals surface area (Å²) in [7, 11) is 3.59. The van der Waals surface area contributed by atoms with E-state index in [0.717, 1.165) is 6.42 Å². The summed E-state index contributed by atoms with van der Waals surface area (Å²) >= 11 is 0. The molecule has 1 heterocycles. The predicted octanol–water partition coefficient (Wildman–Crippen LogP) is 2.95. The van der Waals surface area contributed by atoms with E-state index in [2.05, 4.69) is 46.0 Å². The number of likely N-dealkylation sites (tertiary alicyclic amines) is 1. The van der Waals surface area contributed by atoms with Crippen molar-refractivity contribution in [3.8, 4) is 0 Å². The van der Waals surface area contributed by atoms with E-state index in [-0.39, 0.29) is 34.7 Å². The topological polar surface area (TPSA) is 46.6 Å². The Morgan fingerprint density at radius 1 is 1.35 bits per heavy atom. The summed E-state index contributed by atoms with van der Waals surface area (Å²) in [6.45, 7) is 11.4. The summed E-state index contributed by atoms with van der Waals surface area (Å²) in [5, 5.41) is 0.0984. The van der Waals surface area contributed by atoms with Gasteiger partial charge in [-0.3, -0.25) is 14.5 Å². The maximum Gasteiger partial charge on any atom is 0.232 e.